The van der Waals surface area contributed by atoms with Crippen molar-refractivity contribution in [2.75, 3.05) is 0 Å². The van der Waals surface area contributed by atoms with Crippen molar-refractivity contribution < 1.29 is 29.0 Å². The standard InChI is InChI=1S/C24H17ClN2O6S/c25-17-8-6-14(11-16(17)22(29)30)20-9-7-15(33-20)12-18-21(28)27(24(34)26-18)19(23(31)32)10-13-4-2-1-3-5-13/h1-9,11-12,19H,10H2,(H,26,34)(H,29,30)(H,31,32)/b18-12+. The summed E-state index contributed by atoms with van der Waals surface area (Å²) < 4.78 is 5.75. The molecule has 0 aliphatic carbocycles. The van der Waals surface area contributed by atoms with Crippen molar-refractivity contribution in [1.29, 1.82) is 0 Å². The predicted octanol–water partition coefficient (Wildman–Crippen LogP) is 4.05. The molecule has 8 nitrogen and oxygen atoms in total. The normalized spacial score (nSPS) is 15.4. The highest BCUT2D eigenvalue weighted by atomic mass is 35.5. The zero-order valence-corrected chi connectivity index (χ0v) is 19.0. The number of hydrogen-bond acceptors (Lipinski definition) is 5. The van der Waals surface area contributed by atoms with Crippen LogP contribution >= 0.6 is 23.8 Å². The molecular formula is C24H17ClN2O6S. The zero-order valence-electron chi connectivity index (χ0n) is 17.4. The third kappa shape index (κ3) is 4.70. The summed E-state index contributed by atoms with van der Waals surface area (Å²) >= 11 is 11.2. The molecule has 2 aromatic carbocycles. The Balaban J connectivity index is 1.58. The number of carbonyl (C=O) groups excluding carboxylic acids is 1. The average molecular weight is 497 g/mol. The first-order chi connectivity index (χ1) is 16.2. The number of aromatic carboxylic acids is 1. The van der Waals surface area contributed by atoms with Gasteiger partial charge in [-0.2, -0.15) is 0 Å². The number of hydrogen-bond donors (Lipinski definition) is 3. The second-order valence-corrected chi connectivity index (χ2v) is 8.20. The number of carbonyl (C=O) groups is 3. The lowest BCUT2D eigenvalue weighted by Crippen LogP contribution is -2.46. The molecule has 1 aliphatic heterocycles. The molecule has 10 heteroatoms. The second kappa shape index (κ2) is 9.50. The lowest BCUT2D eigenvalue weighted by molar-refractivity contribution is -0.145. The number of rotatable bonds is 7. The molecule has 1 aliphatic rings. The number of nitrogens with one attached hydrogen (secondary N) is 1. The van der Waals surface area contributed by atoms with Crippen LogP contribution in [0, 0.1) is 0 Å². The van der Waals surface area contributed by atoms with Crippen LogP contribution in [0.4, 0.5) is 0 Å². The Bertz CT molecular complexity index is 1330. The molecule has 2 heterocycles. The number of thiocarbonyl (C=S) groups is 1. The minimum absolute atomic E-state index is 0.0184. The van der Waals surface area contributed by atoms with E-state index in [1.807, 2.05) is 6.07 Å². The summed E-state index contributed by atoms with van der Waals surface area (Å²) in [5.74, 6) is -2.29. The van der Waals surface area contributed by atoms with Gasteiger partial charge < -0.3 is 19.9 Å². The number of carboxylic acids is 2. The molecule has 3 N–H and O–H groups in total. The number of aliphatic carboxylic acids is 1. The Morgan fingerprint density at radius 2 is 1.85 bits per heavy atom. The fourth-order valence-electron chi connectivity index (χ4n) is 3.53. The molecule has 3 aromatic rings. The maximum Gasteiger partial charge on any atom is 0.337 e. The van der Waals surface area contributed by atoms with E-state index in [0.29, 0.717) is 11.3 Å². The van der Waals surface area contributed by atoms with Gasteiger partial charge in [-0.15, -0.1) is 0 Å². The molecule has 172 valence electrons. The molecule has 4 rings (SSSR count). The van der Waals surface area contributed by atoms with Crippen LogP contribution < -0.4 is 5.32 Å². The fourth-order valence-corrected chi connectivity index (χ4v) is 4.05. The van der Waals surface area contributed by atoms with Crippen molar-refractivity contribution in [3.8, 4) is 11.3 Å². The number of nitrogens with zero attached hydrogens (tertiary/aromatic N) is 1. The van der Waals surface area contributed by atoms with Gasteiger partial charge in [-0.05, 0) is 48.1 Å². The fraction of sp³-hybridized carbons (Fsp3) is 0.0833. The molecule has 0 radical (unpaired) electrons. The van der Waals surface area contributed by atoms with Gasteiger partial charge in [0.05, 0.1) is 10.6 Å². The summed E-state index contributed by atoms with van der Waals surface area (Å²) in [6.45, 7) is 0. The van der Waals surface area contributed by atoms with E-state index in [1.54, 1.807) is 42.5 Å². The van der Waals surface area contributed by atoms with Crippen LogP contribution in [-0.2, 0) is 16.0 Å². The molecule has 1 atom stereocenters. The van der Waals surface area contributed by atoms with E-state index in [9.17, 15) is 24.6 Å². The van der Waals surface area contributed by atoms with Gasteiger partial charge in [0.1, 0.15) is 23.3 Å². The van der Waals surface area contributed by atoms with Gasteiger partial charge in [-0.25, -0.2) is 9.59 Å². The number of furan rings is 1. The maximum absolute atomic E-state index is 13.0. The lowest BCUT2D eigenvalue weighted by atomic mass is 10.0. The van der Waals surface area contributed by atoms with Gasteiger partial charge in [0, 0.05) is 18.1 Å². The smallest absolute Gasteiger partial charge is 0.337 e. The first-order valence-electron chi connectivity index (χ1n) is 10.0. The number of benzene rings is 2. The van der Waals surface area contributed by atoms with E-state index < -0.39 is 23.9 Å². The Morgan fingerprint density at radius 3 is 2.53 bits per heavy atom. The average Bonchev–Trinajstić information content (AvgIpc) is 3.37. The van der Waals surface area contributed by atoms with E-state index in [2.05, 4.69) is 5.32 Å². The van der Waals surface area contributed by atoms with Gasteiger partial charge in [0.2, 0.25) is 0 Å². The van der Waals surface area contributed by atoms with E-state index in [1.165, 1.54) is 18.2 Å². The van der Waals surface area contributed by atoms with Crippen molar-refractivity contribution in [1.82, 2.24) is 10.2 Å². The van der Waals surface area contributed by atoms with E-state index >= 15 is 0 Å². The predicted molar refractivity (Wildman–Crippen MR) is 128 cm³/mol. The van der Waals surface area contributed by atoms with Crippen LogP contribution in [0.1, 0.15) is 21.7 Å². The van der Waals surface area contributed by atoms with Gasteiger partial charge in [-0.3, -0.25) is 9.69 Å². The van der Waals surface area contributed by atoms with Crippen LogP contribution in [0.2, 0.25) is 5.02 Å². The summed E-state index contributed by atoms with van der Waals surface area (Å²) in [4.78, 5) is 37.3. The van der Waals surface area contributed by atoms with E-state index in [0.717, 1.165) is 10.5 Å². The van der Waals surface area contributed by atoms with Gasteiger partial charge in [-0.1, -0.05) is 41.9 Å². The van der Waals surface area contributed by atoms with Crippen molar-refractivity contribution in [3.63, 3.8) is 0 Å². The summed E-state index contributed by atoms with van der Waals surface area (Å²) in [5.41, 5.74) is 1.24. The molecular weight excluding hydrogens is 480 g/mol. The SMILES string of the molecule is O=C(O)c1cc(-c2ccc(/C=C3/NC(=S)N(C(Cc4ccccc4)C(=O)O)C3=O)o2)ccc1Cl. The highest BCUT2D eigenvalue weighted by molar-refractivity contribution is 7.80. The molecule has 1 unspecified atom stereocenters. The molecule has 0 saturated carbocycles. The molecule has 34 heavy (non-hydrogen) atoms. The third-order valence-electron chi connectivity index (χ3n) is 5.17. The maximum atomic E-state index is 13.0. The Labute approximate surface area is 204 Å². The van der Waals surface area contributed by atoms with Crippen LogP contribution in [0.3, 0.4) is 0 Å². The monoisotopic (exact) mass is 496 g/mol. The van der Waals surface area contributed by atoms with Crippen molar-refractivity contribution in [2.24, 2.45) is 0 Å². The van der Waals surface area contributed by atoms with Gasteiger partial charge >= 0.3 is 11.9 Å². The van der Waals surface area contributed by atoms with Crippen LogP contribution in [0.5, 0.6) is 0 Å². The highest BCUT2D eigenvalue weighted by Crippen LogP contribution is 2.28. The van der Waals surface area contributed by atoms with Crippen molar-refractivity contribution >= 4 is 52.9 Å². The highest BCUT2D eigenvalue weighted by Gasteiger charge is 2.39. The lowest BCUT2D eigenvalue weighted by Gasteiger charge is -2.22. The largest absolute Gasteiger partial charge is 0.480 e. The van der Waals surface area contributed by atoms with Crippen molar-refractivity contribution in [2.45, 2.75) is 12.5 Å². The first-order valence-corrected chi connectivity index (χ1v) is 10.8. The number of amides is 1. The van der Waals surface area contributed by atoms with Crippen LogP contribution in [0.15, 0.2) is 70.8 Å². The molecule has 0 bridgehead atoms. The third-order valence-corrected chi connectivity index (χ3v) is 5.80. The molecule has 0 spiro atoms. The Hall–Kier alpha value is -3.95. The second-order valence-electron chi connectivity index (χ2n) is 7.41. The molecule has 1 fully saturated rings. The van der Waals surface area contributed by atoms with E-state index in [4.69, 9.17) is 28.2 Å². The first kappa shape index (κ1) is 23.2. The van der Waals surface area contributed by atoms with Crippen molar-refractivity contribution in [3.05, 3.63) is 88.3 Å². The summed E-state index contributed by atoms with van der Waals surface area (Å²) in [6, 6.07) is 15.4. The number of carboxylic acid groups (broad SMARTS) is 2. The Morgan fingerprint density at radius 1 is 1.12 bits per heavy atom. The molecule has 1 saturated heterocycles. The minimum atomic E-state index is -1.18. The number of halogens is 1. The summed E-state index contributed by atoms with van der Waals surface area (Å²) in [6.07, 6.45) is 1.50. The van der Waals surface area contributed by atoms with E-state index in [-0.39, 0.29) is 33.6 Å². The molecule has 1 amide bonds. The van der Waals surface area contributed by atoms with Crippen LogP contribution in [-0.4, -0.2) is 44.1 Å². The topological polar surface area (TPSA) is 120 Å². The molecule has 1 aromatic heterocycles. The summed E-state index contributed by atoms with van der Waals surface area (Å²) in [7, 11) is 0. The quantitative estimate of drug-likeness (QED) is 0.331. The van der Waals surface area contributed by atoms with Gasteiger partial charge in [0.25, 0.3) is 5.91 Å². The zero-order chi connectivity index (χ0) is 24.4. The van der Waals surface area contributed by atoms with Gasteiger partial charge in [0.15, 0.2) is 5.11 Å². The van der Waals surface area contributed by atoms with Crippen LogP contribution in [0.25, 0.3) is 17.4 Å². The summed E-state index contributed by atoms with van der Waals surface area (Å²) in [5, 5.41) is 21.8. The minimum Gasteiger partial charge on any atom is -0.480 e. The Kier molecular flexibility index (Phi) is 6.49.